The van der Waals surface area contributed by atoms with Crippen LogP contribution in [-0.2, 0) is 15.0 Å². The van der Waals surface area contributed by atoms with Crippen molar-refractivity contribution < 1.29 is 18.4 Å². The second kappa shape index (κ2) is 5.25. The summed E-state index contributed by atoms with van der Waals surface area (Å²) in [5, 5.41) is 2.41. The van der Waals surface area contributed by atoms with Gasteiger partial charge >= 0.3 is 0 Å². The molecule has 1 amide bonds. The van der Waals surface area contributed by atoms with E-state index in [1.54, 1.807) is 13.8 Å². The van der Waals surface area contributed by atoms with Crippen LogP contribution in [0.15, 0.2) is 18.2 Å². The van der Waals surface area contributed by atoms with Crippen molar-refractivity contribution in [2.24, 2.45) is 0 Å². The second-order valence-electron chi connectivity index (χ2n) is 4.75. The summed E-state index contributed by atoms with van der Waals surface area (Å²) >= 11 is 0. The fourth-order valence-electron chi connectivity index (χ4n) is 1.56. The number of amides is 1. The molecule has 1 aromatic rings. The summed E-state index contributed by atoms with van der Waals surface area (Å²) in [5.41, 5.74) is -0.448. The van der Waals surface area contributed by atoms with Crippen molar-refractivity contribution in [3.63, 3.8) is 0 Å². The predicted molar refractivity (Wildman–Crippen MR) is 63.1 cm³/mol. The van der Waals surface area contributed by atoms with Crippen molar-refractivity contribution >= 4 is 11.7 Å². The van der Waals surface area contributed by atoms with Crippen LogP contribution in [0.5, 0.6) is 0 Å². The van der Waals surface area contributed by atoms with Crippen molar-refractivity contribution in [3.8, 4) is 0 Å². The zero-order valence-corrected chi connectivity index (χ0v) is 10.5. The van der Waals surface area contributed by atoms with Crippen LogP contribution in [0, 0.1) is 11.6 Å². The van der Waals surface area contributed by atoms with E-state index in [1.165, 1.54) is 6.07 Å². The molecule has 0 spiro atoms. The molecule has 0 saturated heterocycles. The minimum Gasteiger partial charge on any atom is -0.349 e. The van der Waals surface area contributed by atoms with Crippen LogP contribution in [0.3, 0.4) is 0 Å². The summed E-state index contributed by atoms with van der Waals surface area (Å²) in [6.45, 7) is 4.64. The Labute approximate surface area is 104 Å². The molecule has 0 aromatic heterocycles. The standard InChI is InChI=1S/C13H15F2NO2/c1-8(17)12(18)16-7-13(2,3)10-5-4-9(14)6-11(10)15/h4-6H,7H2,1-3H3,(H,16,18). The van der Waals surface area contributed by atoms with Gasteiger partial charge in [0.05, 0.1) is 0 Å². The normalized spacial score (nSPS) is 11.2. The summed E-state index contributed by atoms with van der Waals surface area (Å²) in [5.74, 6) is -2.65. The lowest BCUT2D eigenvalue weighted by molar-refractivity contribution is -0.136. The molecule has 0 heterocycles. The van der Waals surface area contributed by atoms with Gasteiger partial charge in [-0.1, -0.05) is 19.9 Å². The van der Waals surface area contributed by atoms with Crippen molar-refractivity contribution in [2.45, 2.75) is 26.2 Å². The maximum absolute atomic E-state index is 13.6. The molecule has 0 aliphatic rings. The van der Waals surface area contributed by atoms with Crippen LogP contribution in [0.2, 0.25) is 0 Å². The quantitative estimate of drug-likeness (QED) is 0.836. The number of hydrogen-bond donors (Lipinski definition) is 1. The van der Waals surface area contributed by atoms with Crippen LogP contribution < -0.4 is 5.32 Å². The molecular weight excluding hydrogens is 240 g/mol. The lowest BCUT2D eigenvalue weighted by Gasteiger charge is -2.25. The molecule has 98 valence electrons. The molecule has 1 rings (SSSR count). The molecule has 0 atom stereocenters. The minimum absolute atomic E-state index is 0.0912. The molecule has 5 heteroatoms. The van der Waals surface area contributed by atoms with Gasteiger partial charge in [0.15, 0.2) is 0 Å². The molecule has 0 aliphatic heterocycles. The molecule has 0 saturated carbocycles. The molecular formula is C13H15F2NO2. The zero-order chi connectivity index (χ0) is 13.9. The first kappa shape index (κ1) is 14.3. The van der Waals surface area contributed by atoms with E-state index in [1.807, 2.05) is 0 Å². The Hall–Kier alpha value is -1.78. The average molecular weight is 255 g/mol. The van der Waals surface area contributed by atoms with Gasteiger partial charge in [0.25, 0.3) is 5.91 Å². The monoisotopic (exact) mass is 255 g/mol. The van der Waals surface area contributed by atoms with Gasteiger partial charge in [-0.05, 0) is 11.6 Å². The summed E-state index contributed by atoms with van der Waals surface area (Å²) in [6.07, 6.45) is 0. The Kier molecular flexibility index (Phi) is 4.16. The molecule has 1 aromatic carbocycles. The number of ketones is 1. The molecule has 0 radical (unpaired) electrons. The highest BCUT2D eigenvalue weighted by Crippen LogP contribution is 2.25. The van der Waals surface area contributed by atoms with Crippen LogP contribution in [0.25, 0.3) is 0 Å². The van der Waals surface area contributed by atoms with E-state index >= 15 is 0 Å². The van der Waals surface area contributed by atoms with Crippen LogP contribution in [-0.4, -0.2) is 18.2 Å². The van der Waals surface area contributed by atoms with Gasteiger partial charge in [0, 0.05) is 24.9 Å². The van der Waals surface area contributed by atoms with E-state index in [0.29, 0.717) is 0 Å². The van der Waals surface area contributed by atoms with E-state index in [9.17, 15) is 18.4 Å². The Morgan fingerprint density at radius 1 is 1.28 bits per heavy atom. The van der Waals surface area contributed by atoms with Crippen LogP contribution in [0.4, 0.5) is 8.78 Å². The lowest BCUT2D eigenvalue weighted by Crippen LogP contribution is -2.39. The smallest absolute Gasteiger partial charge is 0.287 e. The van der Waals surface area contributed by atoms with Gasteiger partial charge in [0.2, 0.25) is 5.78 Å². The Bertz CT molecular complexity index is 484. The first-order chi connectivity index (χ1) is 8.24. The molecule has 3 nitrogen and oxygen atoms in total. The maximum atomic E-state index is 13.6. The zero-order valence-electron chi connectivity index (χ0n) is 10.5. The number of carbonyl (C=O) groups excluding carboxylic acids is 2. The Morgan fingerprint density at radius 2 is 1.89 bits per heavy atom. The number of hydrogen-bond acceptors (Lipinski definition) is 2. The average Bonchev–Trinajstić information content (AvgIpc) is 2.25. The second-order valence-corrected chi connectivity index (χ2v) is 4.75. The third-order valence-corrected chi connectivity index (χ3v) is 2.67. The topological polar surface area (TPSA) is 46.2 Å². The van der Waals surface area contributed by atoms with Gasteiger partial charge in [-0.2, -0.15) is 0 Å². The minimum atomic E-state index is -0.733. The number of rotatable bonds is 4. The van der Waals surface area contributed by atoms with Crippen molar-refractivity contribution in [1.82, 2.24) is 5.32 Å². The SMILES string of the molecule is CC(=O)C(=O)NCC(C)(C)c1ccc(F)cc1F. The largest absolute Gasteiger partial charge is 0.349 e. The van der Waals surface area contributed by atoms with Crippen molar-refractivity contribution in [1.29, 1.82) is 0 Å². The highest BCUT2D eigenvalue weighted by atomic mass is 19.1. The fraction of sp³-hybridized carbons (Fsp3) is 0.385. The van der Waals surface area contributed by atoms with Gasteiger partial charge in [0.1, 0.15) is 11.6 Å². The van der Waals surface area contributed by atoms with E-state index in [2.05, 4.69) is 5.32 Å². The molecule has 0 fully saturated rings. The summed E-state index contributed by atoms with van der Waals surface area (Å²) in [7, 11) is 0. The highest BCUT2D eigenvalue weighted by Gasteiger charge is 2.25. The van der Waals surface area contributed by atoms with Gasteiger partial charge in [-0.15, -0.1) is 0 Å². The molecule has 0 aliphatic carbocycles. The first-order valence-electron chi connectivity index (χ1n) is 5.48. The fourth-order valence-corrected chi connectivity index (χ4v) is 1.56. The van der Waals surface area contributed by atoms with E-state index in [-0.39, 0.29) is 12.1 Å². The lowest BCUT2D eigenvalue weighted by atomic mass is 9.84. The Morgan fingerprint density at radius 3 is 2.39 bits per heavy atom. The molecule has 0 bridgehead atoms. The summed E-state index contributed by atoms with van der Waals surface area (Å²) < 4.78 is 26.4. The van der Waals surface area contributed by atoms with E-state index in [0.717, 1.165) is 19.1 Å². The first-order valence-corrected chi connectivity index (χ1v) is 5.48. The Balaban J connectivity index is 2.85. The third-order valence-electron chi connectivity index (χ3n) is 2.67. The number of halogens is 2. The van der Waals surface area contributed by atoms with Gasteiger partial charge in [-0.3, -0.25) is 9.59 Å². The van der Waals surface area contributed by atoms with E-state index < -0.39 is 28.7 Å². The third kappa shape index (κ3) is 3.35. The van der Waals surface area contributed by atoms with E-state index in [4.69, 9.17) is 0 Å². The molecule has 1 N–H and O–H groups in total. The summed E-state index contributed by atoms with van der Waals surface area (Å²) in [6, 6.07) is 3.29. The highest BCUT2D eigenvalue weighted by molar-refractivity contribution is 6.35. The van der Waals surface area contributed by atoms with Crippen LogP contribution in [0.1, 0.15) is 26.3 Å². The predicted octanol–water partition coefficient (Wildman–Crippen LogP) is 1.95. The molecule has 0 unspecified atom stereocenters. The number of nitrogens with one attached hydrogen (secondary N) is 1. The van der Waals surface area contributed by atoms with Crippen LogP contribution >= 0.6 is 0 Å². The number of Topliss-reactive ketones (excluding diaryl/α,β-unsaturated/α-hetero) is 1. The van der Waals surface area contributed by atoms with Gasteiger partial charge in [-0.25, -0.2) is 8.78 Å². The van der Waals surface area contributed by atoms with Crippen molar-refractivity contribution in [3.05, 3.63) is 35.4 Å². The molecule has 18 heavy (non-hydrogen) atoms. The summed E-state index contributed by atoms with van der Waals surface area (Å²) in [4.78, 5) is 21.9. The maximum Gasteiger partial charge on any atom is 0.287 e. The van der Waals surface area contributed by atoms with Gasteiger partial charge < -0.3 is 5.32 Å². The number of benzene rings is 1. The number of carbonyl (C=O) groups is 2. The van der Waals surface area contributed by atoms with Crippen molar-refractivity contribution in [2.75, 3.05) is 6.54 Å².